The van der Waals surface area contributed by atoms with Crippen molar-refractivity contribution in [2.75, 3.05) is 13.1 Å². The number of rotatable bonds is 6. The van der Waals surface area contributed by atoms with Crippen molar-refractivity contribution >= 4 is 11.8 Å². The number of hydrogen-bond donors (Lipinski definition) is 1. The van der Waals surface area contributed by atoms with Crippen LogP contribution in [0.25, 0.3) is 5.69 Å². The van der Waals surface area contributed by atoms with E-state index >= 15 is 0 Å². The van der Waals surface area contributed by atoms with Gasteiger partial charge in [-0.15, -0.1) is 0 Å². The van der Waals surface area contributed by atoms with Crippen molar-refractivity contribution in [2.24, 2.45) is 5.92 Å². The summed E-state index contributed by atoms with van der Waals surface area (Å²) in [6, 6.07) is 11.8. The van der Waals surface area contributed by atoms with Crippen LogP contribution in [0.1, 0.15) is 68.1 Å². The van der Waals surface area contributed by atoms with E-state index in [0.717, 1.165) is 44.0 Å². The summed E-state index contributed by atoms with van der Waals surface area (Å²) < 4.78 is 2.02. The van der Waals surface area contributed by atoms with Gasteiger partial charge in [0.2, 0.25) is 5.91 Å². The lowest BCUT2D eigenvalue weighted by Crippen LogP contribution is -2.46. The predicted molar refractivity (Wildman–Crippen MR) is 119 cm³/mol. The number of carbonyl (C=O) groups is 2. The van der Waals surface area contributed by atoms with Crippen molar-refractivity contribution in [1.82, 2.24) is 14.8 Å². The van der Waals surface area contributed by atoms with Gasteiger partial charge in [-0.05, 0) is 61.6 Å². The van der Waals surface area contributed by atoms with Gasteiger partial charge in [0.15, 0.2) is 0 Å². The van der Waals surface area contributed by atoms with E-state index in [2.05, 4.69) is 5.32 Å². The van der Waals surface area contributed by atoms with E-state index in [1.54, 1.807) is 0 Å². The molecular weight excluding hydrogens is 374 g/mol. The Kier molecular flexibility index (Phi) is 6.88. The second-order valence-electron chi connectivity index (χ2n) is 8.81. The Bertz CT molecular complexity index is 815. The van der Waals surface area contributed by atoms with Crippen LogP contribution in [-0.2, 0) is 4.79 Å². The summed E-state index contributed by atoms with van der Waals surface area (Å²) in [5.41, 5.74) is 1.72. The maximum absolute atomic E-state index is 12.6. The van der Waals surface area contributed by atoms with Crippen LogP contribution in [0.3, 0.4) is 0 Å². The van der Waals surface area contributed by atoms with Gasteiger partial charge in [0.1, 0.15) is 0 Å². The van der Waals surface area contributed by atoms with Crippen molar-refractivity contribution in [1.29, 1.82) is 0 Å². The molecule has 5 nitrogen and oxygen atoms in total. The number of nitrogens with one attached hydrogen (secondary N) is 1. The van der Waals surface area contributed by atoms with E-state index in [-0.39, 0.29) is 11.9 Å². The zero-order valence-electron chi connectivity index (χ0n) is 17.8. The smallest absolute Gasteiger partial charge is 0.251 e. The van der Waals surface area contributed by atoms with Gasteiger partial charge in [-0.3, -0.25) is 9.59 Å². The molecule has 5 heteroatoms. The average Bonchev–Trinajstić information content (AvgIpc) is 3.34. The molecule has 2 heterocycles. The minimum absolute atomic E-state index is 0.0314. The zero-order valence-corrected chi connectivity index (χ0v) is 17.8. The van der Waals surface area contributed by atoms with Crippen LogP contribution >= 0.6 is 0 Å². The molecule has 2 amide bonds. The second kappa shape index (κ2) is 9.96. The number of nitrogens with zero attached hydrogens (tertiary/aromatic N) is 2. The molecule has 2 aliphatic rings. The lowest BCUT2D eigenvalue weighted by Gasteiger charge is -2.33. The largest absolute Gasteiger partial charge is 0.349 e. The van der Waals surface area contributed by atoms with Gasteiger partial charge in [-0.2, -0.15) is 0 Å². The first-order chi connectivity index (χ1) is 14.7. The molecule has 2 fully saturated rings. The summed E-state index contributed by atoms with van der Waals surface area (Å²) in [6.45, 7) is 1.50. The first-order valence-electron chi connectivity index (χ1n) is 11.5. The highest BCUT2D eigenvalue weighted by Gasteiger charge is 2.25. The summed E-state index contributed by atoms with van der Waals surface area (Å²) in [7, 11) is 0. The first-order valence-corrected chi connectivity index (χ1v) is 11.5. The highest BCUT2D eigenvalue weighted by molar-refractivity contribution is 5.94. The van der Waals surface area contributed by atoms with Crippen LogP contribution in [0.2, 0.25) is 0 Å². The quantitative estimate of drug-likeness (QED) is 0.763. The third kappa shape index (κ3) is 5.32. The van der Waals surface area contributed by atoms with E-state index in [4.69, 9.17) is 0 Å². The summed E-state index contributed by atoms with van der Waals surface area (Å²) in [4.78, 5) is 27.2. The molecule has 1 aromatic heterocycles. The van der Waals surface area contributed by atoms with E-state index in [1.807, 2.05) is 58.3 Å². The van der Waals surface area contributed by atoms with E-state index < -0.39 is 0 Å². The van der Waals surface area contributed by atoms with Crippen molar-refractivity contribution < 1.29 is 9.59 Å². The molecule has 4 rings (SSSR count). The fourth-order valence-corrected chi connectivity index (χ4v) is 4.80. The fourth-order valence-electron chi connectivity index (χ4n) is 4.80. The van der Waals surface area contributed by atoms with Crippen LogP contribution in [-0.4, -0.2) is 40.4 Å². The van der Waals surface area contributed by atoms with Gasteiger partial charge in [0.25, 0.3) is 5.91 Å². The number of likely N-dealkylation sites (tertiary alicyclic amines) is 1. The Morgan fingerprint density at radius 1 is 0.900 bits per heavy atom. The van der Waals surface area contributed by atoms with Crippen molar-refractivity contribution in [3.8, 4) is 5.69 Å². The van der Waals surface area contributed by atoms with Crippen molar-refractivity contribution in [3.63, 3.8) is 0 Å². The topological polar surface area (TPSA) is 54.3 Å². The van der Waals surface area contributed by atoms with Crippen LogP contribution in [0, 0.1) is 5.92 Å². The molecule has 0 radical (unpaired) electrons. The standard InChI is InChI=1S/C25H33N3O2/c29-24(13-8-20-6-2-1-3-7-20)28-18-14-22(15-19-28)26-25(30)21-9-11-23(12-10-21)27-16-4-5-17-27/h4-5,9-12,16-17,20,22H,1-3,6-8,13-15,18-19H2,(H,26,30). The van der Waals surface area contributed by atoms with Gasteiger partial charge in [-0.1, -0.05) is 32.1 Å². The van der Waals surface area contributed by atoms with Crippen molar-refractivity contribution in [2.45, 2.75) is 63.8 Å². The Balaban J connectivity index is 1.20. The molecule has 1 saturated carbocycles. The predicted octanol–water partition coefficient (Wildman–Crippen LogP) is 4.56. The number of amides is 2. The van der Waals surface area contributed by atoms with Gasteiger partial charge >= 0.3 is 0 Å². The number of piperidine rings is 1. The van der Waals surface area contributed by atoms with E-state index in [1.165, 1.54) is 32.1 Å². The van der Waals surface area contributed by atoms with Gasteiger partial charge in [0, 0.05) is 49.2 Å². The summed E-state index contributed by atoms with van der Waals surface area (Å²) in [6.07, 6.45) is 14.0. The lowest BCUT2D eigenvalue weighted by atomic mass is 9.86. The Hall–Kier alpha value is -2.56. The second-order valence-corrected chi connectivity index (χ2v) is 8.81. The zero-order chi connectivity index (χ0) is 20.8. The van der Waals surface area contributed by atoms with Gasteiger partial charge in [0.05, 0.1) is 0 Å². The van der Waals surface area contributed by atoms with Crippen LogP contribution in [0.4, 0.5) is 0 Å². The molecule has 1 saturated heterocycles. The molecule has 30 heavy (non-hydrogen) atoms. The molecule has 0 unspecified atom stereocenters. The minimum atomic E-state index is -0.0314. The third-order valence-electron chi connectivity index (χ3n) is 6.71. The third-order valence-corrected chi connectivity index (χ3v) is 6.71. The van der Waals surface area contributed by atoms with Crippen LogP contribution in [0.15, 0.2) is 48.8 Å². The fraction of sp³-hybridized carbons (Fsp3) is 0.520. The molecule has 0 spiro atoms. The molecule has 1 N–H and O–H groups in total. The summed E-state index contributed by atoms with van der Waals surface area (Å²) in [5.74, 6) is 1.02. The molecule has 2 aromatic rings. The first kappa shape index (κ1) is 20.7. The minimum Gasteiger partial charge on any atom is -0.349 e. The highest BCUT2D eigenvalue weighted by atomic mass is 16.2. The Labute approximate surface area is 179 Å². The van der Waals surface area contributed by atoms with Crippen LogP contribution in [0.5, 0.6) is 0 Å². The Morgan fingerprint density at radius 3 is 2.23 bits per heavy atom. The molecule has 0 bridgehead atoms. The lowest BCUT2D eigenvalue weighted by molar-refractivity contribution is -0.132. The van der Waals surface area contributed by atoms with Gasteiger partial charge < -0.3 is 14.8 Å². The maximum atomic E-state index is 12.6. The molecule has 160 valence electrons. The SMILES string of the molecule is O=C(NC1CCN(C(=O)CCC2CCCCC2)CC1)c1ccc(-n2cccc2)cc1. The molecule has 0 atom stereocenters. The number of aromatic nitrogens is 1. The molecule has 1 aromatic carbocycles. The number of hydrogen-bond acceptors (Lipinski definition) is 2. The summed E-state index contributed by atoms with van der Waals surface area (Å²) >= 11 is 0. The van der Waals surface area contributed by atoms with Crippen LogP contribution < -0.4 is 5.32 Å². The molecular formula is C25H33N3O2. The van der Waals surface area contributed by atoms with Gasteiger partial charge in [-0.25, -0.2) is 0 Å². The van der Waals surface area contributed by atoms with E-state index in [9.17, 15) is 9.59 Å². The Morgan fingerprint density at radius 2 is 1.57 bits per heavy atom. The number of benzene rings is 1. The molecule has 1 aliphatic carbocycles. The number of carbonyl (C=O) groups excluding carboxylic acids is 2. The monoisotopic (exact) mass is 407 g/mol. The van der Waals surface area contributed by atoms with Crippen molar-refractivity contribution in [3.05, 3.63) is 54.4 Å². The summed E-state index contributed by atoms with van der Waals surface area (Å²) in [5, 5.41) is 3.15. The maximum Gasteiger partial charge on any atom is 0.251 e. The van der Waals surface area contributed by atoms with E-state index in [0.29, 0.717) is 17.9 Å². The molecule has 1 aliphatic heterocycles. The average molecular weight is 408 g/mol. The normalized spacial score (nSPS) is 18.3. The highest BCUT2D eigenvalue weighted by Crippen LogP contribution is 2.27.